The molecule has 0 bridgehead atoms. The second-order valence-electron chi connectivity index (χ2n) is 7.65. The summed E-state index contributed by atoms with van der Waals surface area (Å²) in [6.07, 6.45) is 1.20. The Kier molecular flexibility index (Phi) is 6.70. The van der Waals surface area contributed by atoms with Gasteiger partial charge in [0, 0.05) is 19.4 Å². The number of hydrogen-bond donors (Lipinski definition) is 1. The predicted molar refractivity (Wildman–Crippen MR) is 123 cm³/mol. The van der Waals surface area contributed by atoms with Gasteiger partial charge in [-0.3, -0.25) is 9.59 Å². The second-order valence-corrected chi connectivity index (χ2v) is 7.65. The van der Waals surface area contributed by atoms with Gasteiger partial charge in [-0.05, 0) is 41.8 Å². The first-order chi connectivity index (χ1) is 15.6. The number of amides is 1. The van der Waals surface area contributed by atoms with Gasteiger partial charge in [0.1, 0.15) is 11.5 Å². The molecule has 3 aromatic carbocycles. The van der Waals surface area contributed by atoms with E-state index in [1.165, 1.54) is 12.1 Å². The topological polar surface area (TPSA) is 64.0 Å². The Morgan fingerprint density at radius 2 is 1.59 bits per heavy atom. The maximum absolute atomic E-state index is 13.3. The summed E-state index contributed by atoms with van der Waals surface area (Å²) in [5.41, 5.74) is 3.49. The van der Waals surface area contributed by atoms with Crippen LogP contribution in [-0.4, -0.2) is 22.0 Å². The van der Waals surface area contributed by atoms with E-state index in [1.54, 1.807) is 16.7 Å². The summed E-state index contributed by atoms with van der Waals surface area (Å²) in [4.78, 5) is 30.0. The van der Waals surface area contributed by atoms with Gasteiger partial charge in [0.25, 0.3) is 5.56 Å². The van der Waals surface area contributed by atoms with Crippen molar-refractivity contribution < 1.29 is 9.18 Å². The summed E-state index contributed by atoms with van der Waals surface area (Å²) in [6.45, 7) is 0.848. The first kappa shape index (κ1) is 21.4. The first-order valence-corrected chi connectivity index (χ1v) is 10.6. The number of rotatable bonds is 8. The lowest BCUT2D eigenvalue weighted by Crippen LogP contribution is -2.29. The zero-order valence-electron chi connectivity index (χ0n) is 17.6. The number of nitrogens with zero attached hydrogens (tertiary/aromatic N) is 2. The quantitative estimate of drug-likeness (QED) is 0.462. The predicted octanol–water partition coefficient (Wildman–Crippen LogP) is 3.88. The molecule has 5 nitrogen and oxygen atoms in total. The number of fused-ring (bicyclic) bond motifs is 1. The molecular formula is C26H24FN3O2. The molecule has 0 unspecified atom stereocenters. The number of aryl methyl sites for hydroxylation is 1. The molecule has 0 atom stereocenters. The number of carbonyl (C=O) groups is 1. The molecule has 32 heavy (non-hydrogen) atoms. The number of para-hydroxylation sites is 2. The van der Waals surface area contributed by atoms with Gasteiger partial charge in [0.2, 0.25) is 5.91 Å². The van der Waals surface area contributed by atoms with Crippen molar-refractivity contribution in [2.24, 2.45) is 0 Å². The molecule has 0 spiro atoms. The minimum absolute atomic E-state index is 0.111. The molecule has 6 heteroatoms. The van der Waals surface area contributed by atoms with Gasteiger partial charge >= 0.3 is 0 Å². The molecule has 4 aromatic rings. The average molecular weight is 429 g/mol. The molecule has 1 amide bonds. The first-order valence-electron chi connectivity index (χ1n) is 10.6. The third-order valence-corrected chi connectivity index (χ3v) is 5.34. The molecule has 1 heterocycles. The molecule has 0 aliphatic rings. The molecule has 0 saturated carbocycles. The van der Waals surface area contributed by atoms with Crippen LogP contribution in [0.15, 0.2) is 83.7 Å². The molecule has 1 aromatic heterocycles. The van der Waals surface area contributed by atoms with Crippen molar-refractivity contribution in [2.75, 3.05) is 6.54 Å². The van der Waals surface area contributed by atoms with Gasteiger partial charge in [0.15, 0.2) is 0 Å². The molecule has 0 fully saturated rings. The summed E-state index contributed by atoms with van der Waals surface area (Å²) < 4.78 is 14.9. The van der Waals surface area contributed by atoms with Gasteiger partial charge in [0.05, 0.1) is 17.6 Å². The number of benzene rings is 3. The molecule has 4 rings (SSSR count). The van der Waals surface area contributed by atoms with E-state index < -0.39 is 0 Å². The van der Waals surface area contributed by atoms with Gasteiger partial charge in [-0.25, -0.2) is 9.37 Å². The van der Waals surface area contributed by atoms with Crippen molar-refractivity contribution in [3.63, 3.8) is 0 Å². The van der Waals surface area contributed by atoms with Gasteiger partial charge in [-0.1, -0.05) is 54.6 Å². The van der Waals surface area contributed by atoms with Crippen LogP contribution in [0.3, 0.4) is 0 Å². The molecular weight excluding hydrogens is 405 g/mol. The summed E-state index contributed by atoms with van der Waals surface area (Å²) >= 11 is 0. The number of aromatic nitrogens is 2. The Hall–Kier alpha value is -3.80. The van der Waals surface area contributed by atoms with Crippen molar-refractivity contribution in [3.05, 3.63) is 112 Å². The van der Waals surface area contributed by atoms with Gasteiger partial charge in [-0.2, -0.15) is 0 Å². The lowest BCUT2D eigenvalue weighted by Gasteiger charge is -2.12. The summed E-state index contributed by atoms with van der Waals surface area (Å²) in [7, 11) is 0. The Bertz CT molecular complexity index is 1270. The van der Waals surface area contributed by atoms with E-state index in [9.17, 15) is 14.0 Å². The highest BCUT2D eigenvalue weighted by Gasteiger charge is 2.13. The smallest absolute Gasteiger partial charge is 0.273 e. The van der Waals surface area contributed by atoms with Crippen molar-refractivity contribution in [1.82, 2.24) is 14.9 Å². The van der Waals surface area contributed by atoms with Gasteiger partial charge in [-0.15, -0.1) is 0 Å². The second kappa shape index (κ2) is 10.0. The average Bonchev–Trinajstić information content (AvgIpc) is 2.82. The number of nitrogens with one attached hydrogen (secondary N) is 1. The van der Waals surface area contributed by atoms with E-state index in [0.29, 0.717) is 29.8 Å². The van der Waals surface area contributed by atoms with Crippen LogP contribution in [0.25, 0.3) is 11.0 Å². The third-order valence-electron chi connectivity index (χ3n) is 5.34. The van der Waals surface area contributed by atoms with Crippen molar-refractivity contribution in [3.8, 4) is 0 Å². The van der Waals surface area contributed by atoms with E-state index in [-0.39, 0.29) is 30.1 Å². The normalized spacial score (nSPS) is 10.9. The molecule has 1 N–H and O–H groups in total. The highest BCUT2D eigenvalue weighted by Crippen LogP contribution is 2.13. The van der Waals surface area contributed by atoms with E-state index in [1.807, 2.05) is 54.6 Å². The molecule has 0 aliphatic carbocycles. The Morgan fingerprint density at radius 3 is 2.38 bits per heavy atom. The lowest BCUT2D eigenvalue weighted by atomic mass is 10.1. The molecule has 0 aliphatic heterocycles. The Balaban J connectivity index is 1.47. The van der Waals surface area contributed by atoms with E-state index in [2.05, 4.69) is 10.3 Å². The van der Waals surface area contributed by atoms with E-state index in [0.717, 1.165) is 17.5 Å². The van der Waals surface area contributed by atoms with Crippen LogP contribution in [0.5, 0.6) is 0 Å². The Morgan fingerprint density at radius 1 is 0.875 bits per heavy atom. The summed E-state index contributed by atoms with van der Waals surface area (Å²) in [6, 6.07) is 23.4. The zero-order chi connectivity index (χ0) is 22.3. The minimum atomic E-state index is -0.320. The Labute approximate surface area is 185 Å². The van der Waals surface area contributed by atoms with Crippen molar-refractivity contribution >= 4 is 16.9 Å². The fourth-order valence-corrected chi connectivity index (χ4v) is 3.65. The van der Waals surface area contributed by atoms with Crippen LogP contribution in [-0.2, 0) is 24.2 Å². The zero-order valence-corrected chi connectivity index (χ0v) is 17.6. The van der Waals surface area contributed by atoms with Crippen LogP contribution in [0.4, 0.5) is 4.39 Å². The number of hydrogen-bond acceptors (Lipinski definition) is 3. The maximum atomic E-state index is 13.3. The van der Waals surface area contributed by atoms with Crippen molar-refractivity contribution in [1.29, 1.82) is 0 Å². The largest absolute Gasteiger partial charge is 0.356 e. The summed E-state index contributed by atoms with van der Waals surface area (Å²) in [5, 5.41) is 2.91. The highest BCUT2D eigenvalue weighted by atomic mass is 19.1. The fraction of sp³-hybridized carbons (Fsp3) is 0.192. The number of carbonyl (C=O) groups excluding carboxylic acids is 1. The van der Waals surface area contributed by atoms with Gasteiger partial charge < -0.3 is 9.88 Å². The lowest BCUT2D eigenvalue weighted by molar-refractivity contribution is -0.121. The van der Waals surface area contributed by atoms with E-state index >= 15 is 0 Å². The van der Waals surface area contributed by atoms with Crippen LogP contribution in [0.2, 0.25) is 0 Å². The minimum Gasteiger partial charge on any atom is -0.356 e. The SMILES string of the molecule is O=C(CCc1nc2ccccc2n(Cc2ccc(F)cc2)c1=O)NCCc1ccccc1. The standard InChI is InChI=1S/C26H24FN3O2/c27-21-12-10-20(11-13-21)18-30-24-9-5-4-8-22(24)29-23(26(30)32)14-15-25(31)28-17-16-19-6-2-1-3-7-19/h1-13H,14-18H2,(H,28,31). The molecule has 0 saturated heterocycles. The van der Waals surface area contributed by atoms with Crippen LogP contribution < -0.4 is 10.9 Å². The van der Waals surface area contributed by atoms with Crippen molar-refractivity contribution in [2.45, 2.75) is 25.8 Å². The summed E-state index contributed by atoms with van der Waals surface area (Å²) in [5.74, 6) is -0.431. The molecule has 0 radical (unpaired) electrons. The third kappa shape index (κ3) is 5.27. The fourth-order valence-electron chi connectivity index (χ4n) is 3.65. The highest BCUT2D eigenvalue weighted by molar-refractivity contribution is 5.77. The van der Waals surface area contributed by atoms with Crippen LogP contribution in [0, 0.1) is 5.82 Å². The number of halogens is 1. The monoisotopic (exact) mass is 429 g/mol. The maximum Gasteiger partial charge on any atom is 0.273 e. The van der Waals surface area contributed by atoms with Crippen LogP contribution in [0.1, 0.15) is 23.2 Å². The van der Waals surface area contributed by atoms with Crippen LogP contribution >= 0.6 is 0 Å². The van der Waals surface area contributed by atoms with E-state index in [4.69, 9.17) is 0 Å². The molecule has 162 valence electrons.